The minimum Gasteiger partial charge on any atom is -0.472 e. The highest BCUT2D eigenvalue weighted by atomic mass is 16.3. The van der Waals surface area contributed by atoms with E-state index in [4.69, 9.17) is 4.42 Å². The lowest BCUT2D eigenvalue weighted by molar-refractivity contribution is 0.0547. The normalized spacial score (nSPS) is 21.3. The SMILES string of the molecule is O=C(c1ccoc1)N1C[C@@H]2[C@H](C1)N(Cc1ccccn1)C(=O)c1cccn12. The van der Waals surface area contributed by atoms with Gasteiger partial charge in [0.05, 0.1) is 36.1 Å². The number of furan rings is 1. The van der Waals surface area contributed by atoms with Gasteiger partial charge in [0.1, 0.15) is 12.0 Å². The molecule has 2 aliphatic heterocycles. The molecule has 27 heavy (non-hydrogen) atoms. The van der Waals surface area contributed by atoms with Crippen molar-refractivity contribution in [1.82, 2.24) is 19.4 Å². The molecule has 0 radical (unpaired) electrons. The number of likely N-dealkylation sites (tertiary alicyclic amines) is 1. The number of pyridine rings is 1. The number of carbonyl (C=O) groups is 2. The van der Waals surface area contributed by atoms with Crippen molar-refractivity contribution >= 4 is 11.8 Å². The van der Waals surface area contributed by atoms with E-state index in [1.54, 1.807) is 17.2 Å². The molecule has 2 atom stereocenters. The number of amides is 2. The summed E-state index contributed by atoms with van der Waals surface area (Å²) in [5, 5.41) is 0. The van der Waals surface area contributed by atoms with Gasteiger partial charge in [-0.15, -0.1) is 0 Å². The first-order chi connectivity index (χ1) is 13.2. The van der Waals surface area contributed by atoms with Crippen molar-refractivity contribution in [3.05, 3.63) is 78.3 Å². The second kappa shape index (κ2) is 6.12. The number of hydrogen-bond donors (Lipinski definition) is 0. The fourth-order valence-electron chi connectivity index (χ4n) is 4.10. The first-order valence-corrected chi connectivity index (χ1v) is 8.91. The summed E-state index contributed by atoms with van der Waals surface area (Å²) in [7, 11) is 0. The van der Waals surface area contributed by atoms with Crippen molar-refractivity contribution in [2.75, 3.05) is 13.1 Å². The molecule has 0 aliphatic carbocycles. The fraction of sp³-hybridized carbons (Fsp3) is 0.250. The van der Waals surface area contributed by atoms with Crippen LogP contribution in [0.3, 0.4) is 0 Å². The third-order valence-corrected chi connectivity index (χ3v) is 5.39. The van der Waals surface area contributed by atoms with E-state index in [0.717, 1.165) is 5.69 Å². The summed E-state index contributed by atoms with van der Waals surface area (Å²) in [6, 6.07) is 11.0. The summed E-state index contributed by atoms with van der Waals surface area (Å²) < 4.78 is 7.05. The molecule has 7 heteroatoms. The maximum absolute atomic E-state index is 13.1. The fourth-order valence-corrected chi connectivity index (χ4v) is 4.10. The van der Waals surface area contributed by atoms with Crippen LogP contribution in [0.2, 0.25) is 0 Å². The topological polar surface area (TPSA) is 71.6 Å². The van der Waals surface area contributed by atoms with Crippen molar-refractivity contribution in [2.45, 2.75) is 18.6 Å². The Morgan fingerprint density at radius 3 is 2.81 bits per heavy atom. The van der Waals surface area contributed by atoms with Crippen molar-refractivity contribution in [1.29, 1.82) is 0 Å². The molecule has 0 aromatic carbocycles. The molecule has 0 spiro atoms. The van der Waals surface area contributed by atoms with Gasteiger partial charge in [0.2, 0.25) is 0 Å². The molecule has 2 aliphatic rings. The lowest BCUT2D eigenvalue weighted by Gasteiger charge is -2.37. The van der Waals surface area contributed by atoms with E-state index in [-0.39, 0.29) is 23.9 Å². The van der Waals surface area contributed by atoms with Crippen molar-refractivity contribution in [3.8, 4) is 0 Å². The number of carbonyl (C=O) groups excluding carboxylic acids is 2. The first-order valence-electron chi connectivity index (χ1n) is 8.91. The van der Waals surface area contributed by atoms with Crippen LogP contribution >= 0.6 is 0 Å². The molecule has 5 rings (SSSR count). The molecule has 0 unspecified atom stereocenters. The quantitative estimate of drug-likeness (QED) is 0.716. The number of fused-ring (bicyclic) bond motifs is 3. The molecular weight excluding hydrogens is 344 g/mol. The Labute approximate surface area is 155 Å². The highest BCUT2D eigenvalue weighted by Crippen LogP contribution is 2.35. The van der Waals surface area contributed by atoms with Crippen LogP contribution in [0.25, 0.3) is 0 Å². The van der Waals surface area contributed by atoms with E-state index in [0.29, 0.717) is 30.9 Å². The maximum Gasteiger partial charge on any atom is 0.271 e. The van der Waals surface area contributed by atoms with Crippen LogP contribution in [-0.4, -0.2) is 50.3 Å². The summed E-state index contributed by atoms with van der Waals surface area (Å²) in [4.78, 5) is 33.9. The van der Waals surface area contributed by atoms with Crippen molar-refractivity contribution in [2.24, 2.45) is 0 Å². The molecule has 5 heterocycles. The second-order valence-electron chi connectivity index (χ2n) is 6.91. The van der Waals surface area contributed by atoms with E-state index in [2.05, 4.69) is 4.98 Å². The molecule has 136 valence electrons. The Kier molecular flexibility index (Phi) is 3.60. The Hall–Kier alpha value is -3.35. The van der Waals surface area contributed by atoms with E-state index in [9.17, 15) is 9.59 Å². The van der Waals surface area contributed by atoms with Gasteiger partial charge in [-0.05, 0) is 30.3 Å². The third kappa shape index (κ3) is 2.54. The van der Waals surface area contributed by atoms with Gasteiger partial charge in [-0.25, -0.2) is 0 Å². The monoisotopic (exact) mass is 362 g/mol. The lowest BCUT2D eigenvalue weighted by Crippen LogP contribution is -2.50. The summed E-state index contributed by atoms with van der Waals surface area (Å²) in [5.41, 5.74) is 2.03. The van der Waals surface area contributed by atoms with Crippen LogP contribution in [0.15, 0.2) is 65.7 Å². The molecule has 3 aromatic rings. The Bertz CT molecular complexity index is 980. The molecule has 0 N–H and O–H groups in total. The molecule has 0 saturated carbocycles. The van der Waals surface area contributed by atoms with Gasteiger partial charge in [0.25, 0.3) is 11.8 Å². The Balaban J connectivity index is 1.48. The standard InChI is InChI=1S/C20H18N4O3/c25-19(14-6-9-27-13-14)22-11-17-18(12-22)24(10-15-4-1-2-7-21-15)20(26)16-5-3-8-23(16)17/h1-9,13,17-18H,10-12H2/t17-,18+/m1/s1. The average Bonchev–Trinajstić information content (AvgIpc) is 3.45. The third-order valence-electron chi connectivity index (χ3n) is 5.39. The highest BCUT2D eigenvalue weighted by molar-refractivity contribution is 5.96. The number of hydrogen-bond acceptors (Lipinski definition) is 4. The van der Waals surface area contributed by atoms with E-state index in [1.165, 1.54) is 12.5 Å². The maximum atomic E-state index is 13.1. The predicted molar refractivity (Wildman–Crippen MR) is 96.0 cm³/mol. The second-order valence-corrected chi connectivity index (χ2v) is 6.91. The number of aromatic nitrogens is 2. The van der Waals surface area contributed by atoms with E-state index >= 15 is 0 Å². The highest BCUT2D eigenvalue weighted by Gasteiger charge is 2.46. The zero-order valence-corrected chi connectivity index (χ0v) is 14.6. The lowest BCUT2D eigenvalue weighted by atomic mass is 10.1. The van der Waals surface area contributed by atoms with Gasteiger partial charge >= 0.3 is 0 Å². The predicted octanol–water partition coefficient (Wildman–Crippen LogP) is 2.20. The molecule has 1 fully saturated rings. The van der Waals surface area contributed by atoms with Gasteiger partial charge in [-0.2, -0.15) is 0 Å². The molecule has 2 amide bonds. The zero-order valence-electron chi connectivity index (χ0n) is 14.6. The number of rotatable bonds is 3. The van der Waals surface area contributed by atoms with Crippen molar-refractivity contribution < 1.29 is 14.0 Å². The average molecular weight is 362 g/mol. The van der Waals surface area contributed by atoms with Crippen LogP contribution in [0.5, 0.6) is 0 Å². The minimum atomic E-state index is -0.0877. The zero-order chi connectivity index (χ0) is 18.4. The minimum absolute atomic E-state index is 0.0236. The van der Waals surface area contributed by atoms with Crippen LogP contribution in [0.1, 0.15) is 32.6 Å². The Morgan fingerprint density at radius 2 is 2.04 bits per heavy atom. The van der Waals surface area contributed by atoms with Gasteiger partial charge in [0, 0.05) is 25.5 Å². The molecule has 1 saturated heterocycles. The van der Waals surface area contributed by atoms with Crippen LogP contribution in [0, 0.1) is 0 Å². The summed E-state index contributed by atoms with van der Waals surface area (Å²) in [6.07, 6.45) is 6.61. The van der Waals surface area contributed by atoms with Gasteiger partial charge < -0.3 is 18.8 Å². The van der Waals surface area contributed by atoms with Gasteiger partial charge in [0.15, 0.2) is 0 Å². The summed E-state index contributed by atoms with van der Waals surface area (Å²) >= 11 is 0. The van der Waals surface area contributed by atoms with E-state index in [1.807, 2.05) is 46.0 Å². The van der Waals surface area contributed by atoms with E-state index < -0.39 is 0 Å². The Morgan fingerprint density at radius 1 is 1.15 bits per heavy atom. The summed E-state index contributed by atoms with van der Waals surface area (Å²) in [6.45, 7) is 1.48. The van der Waals surface area contributed by atoms with Crippen LogP contribution < -0.4 is 0 Å². The number of nitrogens with zero attached hydrogens (tertiary/aromatic N) is 4. The van der Waals surface area contributed by atoms with Gasteiger partial charge in [-0.3, -0.25) is 14.6 Å². The molecule has 3 aromatic heterocycles. The molecule has 0 bridgehead atoms. The largest absolute Gasteiger partial charge is 0.472 e. The van der Waals surface area contributed by atoms with Crippen LogP contribution in [0.4, 0.5) is 0 Å². The van der Waals surface area contributed by atoms with Crippen LogP contribution in [-0.2, 0) is 6.54 Å². The molecular formula is C20H18N4O3. The smallest absolute Gasteiger partial charge is 0.271 e. The summed E-state index contributed by atoms with van der Waals surface area (Å²) in [5.74, 6) is -0.0957. The van der Waals surface area contributed by atoms with Crippen molar-refractivity contribution in [3.63, 3.8) is 0 Å². The first kappa shape index (κ1) is 15.9. The van der Waals surface area contributed by atoms with Gasteiger partial charge in [-0.1, -0.05) is 6.07 Å². The molecule has 7 nitrogen and oxygen atoms in total.